The highest BCUT2D eigenvalue weighted by atomic mass is 16.6. The summed E-state index contributed by atoms with van der Waals surface area (Å²) in [6, 6.07) is 23.2. The van der Waals surface area contributed by atoms with Crippen molar-refractivity contribution in [2.75, 3.05) is 0 Å². The average molecular weight is 539 g/mol. The van der Waals surface area contributed by atoms with Crippen molar-refractivity contribution < 1.29 is 43.6 Å². The molecule has 0 bridgehead atoms. The minimum absolute atomic E-state index is 0.173. The number of esters is 2. The van der Waals surface area contributed by atoms with Crippen molar-refractivity contribution in [3.63, 3.8) is 0 Å². The van der Waals surface area contributed by atoms with Crippen molar-refractivity contribution in [3.05, 3.63) is 118 Å². The number of hydrogen-bond acceptors (Lipinski definition) is 7. The molecule has 9 nitrogen and oxygen atoms in total. The molecule has 4 aromatic carbocycles. The van der Waals surface area contributed by atoms with Crippen LogP contribution in [0.25, 0.3) is 0 Å². The van der Waals surface area contributed by atoms with Crippen molar-refractivity contribution >= 4 is 23.9 Å². The fourth-order valence-electron chi connectivity index (χ4n) is 4.40. The van der Waals surface area contributed by atoms with E-state index in [0.717, 1.165) is 11.1 Å². The Bertz CT molecular complexity index is 1670. The number of carbonyl (C=O) groups is 4. The summed E-state index contributed by atoms with van der Waals surface area (Å²) < 4.78 is 16.3. The van der Waals surface area contributed by atoms with Gasteiger partial charge >= 0.3 is 23.9 Å². The Kier molecular flexibility index (Phi) is 6.56. The Morgan fingerprint density at radius 2 is 1.05 bits per heavy atom. The molecule has 9 heteroatoms. The summed E-state index contributed by atoms with van der Waals surface area (Å²) in [4.78, 5) is 46.1. The van der Waals surface area contributed by atoms with E-state index < -0.39 is 29.3 Å². The molecule has 0 aromatic heterocycles. The molecule has 1 aliphatic heterocycles. The molecule has 0 spiro atoms. The molecule has 1 heterocycles. The molecule has 4 aromatic rings. The quantitative estimate of drug-likeness (QED) is 0.195. The maximum absolute atomic E-state index is 11.8. The lowest BCUT2D eigenvalue weighted by molar-refractivity contribution is 0.0442. The third-order valence-corrected chi connectivity index (χ3v) is 6.69. The minimum Gasteiger partial charge on any atom is -0.478 e. The maximum Gasteiger partial charge on any atom is 0.347 e. The molecule has 0 fully saturated rings. The van der Waals surface area contributed by atoms with Gasteiger partial charge in [-0.15, -0.1) is 0 Å². The van der Waals surface area contributed by atoms with Gasteiger partial charge in [0.25, 0.3) is 0 Å². The predicted octanol–water partition coefficient (Wildman–Crippen LogP) is 6.30. The van der Waals surface area contributed by atoms with Crippen molar-refractivity contribution in [2.45, 2.75) is 19.3 Å². The Morgan fingerprint density at radius 1 is 0.600 bits per heavy atom. The molecular formula is C31H22O9. The van der Waals surface area contributed by atoms with Gasteiger partial charge in [-0.1, -0.05) is 38.1 Å². The summed E-state index contributed by atoms with van der Waals surface area (Å²) in [5.74, 6) is -2.43. The number of fused-ring (bicyclic) bond motifs is 1. The van der Waals surface area contributed by atoms with Crippen LogP contribution in [0.1, 0.15) is 66.4 Å². The Hall–Kier alpha value is -5.44. The number of rotatable bonds is 8. The Balaban J connectivity index is 1.29. The van der Waals surface area contributed by atoms with Gasteiger partial charge in [0.15, 0.2) is 0 Å². The van der Waals surface area contributed by atoms with Crippen LogP contribution in [0.2, 0.25) is 0 Å². The summed E-state index contributed by atoms with van der Waals surface area (Å²) in [7, 11) is 0. The molecular weight excluding hydrogens is 516 g/mol. The van der Waals surface area contributed by atoms with E-state index in [1.54, 1.807) is 18.2 Å². The van der Waals surface area contributed by atoms with Crippen LogP contribution in [0.15, 0.2) is 84.9 Å². The SMILES string of the molecule is CC(C)(c1ccc(Oc2ccc(C(=O)O)c(C(=O)O)c2)cc1)c1ccc(Oc2ccc3c(c2)C(=O)OC3=O)cc1. The number of cyclic esters (lactones) is 2. The molecule has 0 amide bonds. The second-order valence-corrected chi connectivity index (χ2v) is 9.58. The van der Waals surface area contributed by atoms with E-state index in [1.165, 1.54) is 30.3 Å². The smallest absolute Gasteiger partial charge is 0.347 e. The van der Waals surface area contributed by atoms with Gasteiger partial charge in [0.2, 0.25) is 0 Å². The van der Waals surface area contributed by atoms with E-state index in [2.05, 4.69) is 18.6 Å². The van der Waals surface area contributed by atoms with Crippen LogP contribution in [0, 0.1) is 0 Å². The zero-order chi connectivity index (χ0) is 28.6. The number of aromatic carboxylic acids is 2. The fraction of sp³-hybridized carbons (Fsp3) is 0.0968. The highest BCUT2D eigenvalue weighted by Gasteiger charge is 2.30. The molecule has 0 aliphatic carbocycles. The number of carbonyl (C=O) groups excluding carboxylic acids is 2. The standard InChI is InChI=1S/C31H22O9/c1-31(2,17-3-7-19(8-4-17)38-21-11-13-23(27(32)33)25(15-21)28(34)35)18-5-9-20(10-6-18)39-22-12-14-24-26(16-22)30(37)40-29(24)36/h3-16H,1-2H3,(H,32,33)(H,34,35). The van der Waals surface area contributed by atoms with Crippen molar-refractivity contribution in [1.29, 1.82) is 0 Å². The summed E-state index contributed by atoms with van der Waals surface area (Å²) in [5, 5.41) is 18.5. The van der Waals surface area contributed by atoms with Gasteiger partial charge < -0.3 is 24.4 Å². The molecule has 5 rings (SSSR count). The third-order valence-electron chi connectivity index (χ3n) is 6.69. The molecule has 2 N–H and O–H groups in total. The van der Waals surface area contributed by atoms with Crippen molar-refractivity contribution in [1.82, 2.24) is 0 Å². The number of carboxylic acids is 2. The average Bonchev–Trinajstić information content (AvgIpc) is 3.21. The highest BCUT2D eigenvalue weighted by molar-refractivity contribution is 6.14. The predicted molar refractivity (Wildman–Crippen MR) is 142 cm³/mol. The van der Waals surface area contributed by atoms with Crippen LogP contribution in [-0.2, 0) is 10.2 Å². The van der Waals surface area contributed by atoms with Crippen LogP contribution in [0.5, 0.6) is 23.0 Å². The highest BCUT2D eigenvalue weighted by Crippen LogP contribution is 2.35. The van der Waals surface area contributed by atoms with E-state index in [4.69, 9.17) is 9.47 Å². The van der Waals surface area contributed by atoms with E-state index in [9.17, 15) is 29.4 Å². The van der Waals surface area contributed by atoms with Crippen LogP contribution in [0.3, 0.4) is 0 Å². The van der Waals surface area contributed by atoms with Gasteiger partial charge in [0.1, 0.15) is 23.0 Å². The molecule has 0 saturated heterocycles. The fourth-order valence-corrected chi connectivity index (χ4v) is 4.40. The molecule has 0 radical (unpaired) electrons. The van der Waals surface area contributed by atoms with Crippen LogP contribution >= 0.6 is 0 Å². The molecule has 0 atom stereocenters. The zero-order valence-electron chi connectivity index (χ0n) is 21.3. The molecule has 200 valence electrons. The summed E-state index contributed by atoms with van der Waals surface area (Å²) in [6.07, 6.45) is 0. The first-order valence-electron chi connectivity index (χ1n) is 12.1. The summed E-state index contributed by atoms with van der Waals surface area (Å²) >= 11 is 0. The second kappa shape index (κ2) is 10.0. The van der Waals surface area contributed by atoms with E-state index in [0.29, 0.717) is 17.2 Å². The Labute approximate surface area is 228 Å². The minimum atomic E-state index is -1.36. The molecule has 40 heavy (non-hydrogen) atoms. The maximum atomic E-state index is 11.8. The number of benzene rings is 4. The van der Waals surface area contributed by atoms with Gasteiger partial charge in [-0.3, -0.25) is 0 Å². The molecule has 0 saturated carbocycles. The van der Waals surface area contributed by atoms with Gasteiger partial charge in [-0.25, -0.2) is 19.2 Å². The lowest BCUT2D eigenvalue weighted by Crippen LogP contribution is -2.18. The van der Waals surface area contributed by atoms with Crippen LogP contribution in [0.4, 0.5) is 0 Å². The van der Waals surface area contributed by atoms with Gasteiger partial charge in [0, 0.05) is 5.41 Å². The largest absolute Gasteiger partial charge is 0.478 e. The first kappa shape index (κ1) is 26.2. The lowest BCUT2D eigenvalue weighted by Gasteiger charge is -2.26. The van der Waals surface area contributed by atoms with Crippen molar-refractivity contribution in [3.8, 4) is 23.0 Å². The molecule has 1 aliphatic rings. The summed E-state index contributed by atoms with van der Waals surface area (Å²) in [5.41, 5.74) is 1.31. The van der Waals surface area contributed by atoms with Crippen LogP contribution < -0.4 is 9.47 Å². The first-order valence-corrected chi connectivity index (χ1v) is 12.1. The summed E-state index contributed by atoms with van der Waals surface area (Å²) in [6.45, 7) is 4.12. The van der Waals surface area contributed by atoms with Gasteiger partial charge in [-0.05, 0) is 71.8 Å². The number of hydrogen-bond donors (Lipinski definition) is 2. The monoisotopic (exact) mass is 538 g/mol. The van der Waals surface area contributed by atoms with Crippen LogP contribution in [-0.4, -0.2) is 34.1 Å². The van der Waals surface area contributed by atoms with E-state index >= 15 is 0 Å². The number of ether oxygens (including phenoxy) is 3. The lowest BCUT2D eigenvalue weighted by atomic mass is 9.78. The second-order valence-electron chi connectivity index (χ2n) is 9.58. The van der Waals surface area contributed by atoms with Gasteiger partial charge in [-0.2, -0.15) is 0 Å². The molecule has 0 unspecified atom stereocenters. The van der Waals surface area contributed by atoms with E-state index in [1.807, 2.05) is 36.4 Å². The normalized spacial score (nSPS) is 12.4. The van der Waals surface area contributed by atoms with Crippen molar-refractivity contribution in [2.24, 2.45) is 0 Å². The van der Waals surface area contributed by atoms with Gasteiger partial charge in [0.05, 0.1) is 22.3 Å². The first-order chi connectivity index (χ1) is 19.0. The topological polar surface area (TPSA) is 136 Å². The third kappa shape index (κ3) is 5.00. The zero-order valence-corrected chi connectivity index (χ0v) is 21.3. The Morgan fingerprint density at radius 3 is 1.57 bits per heavy atom. The number of carboxylic acid groups (broad SMARTS) is 2. The van der Waals surface area contributed by atoms with E-state index in [-0.39, 0.29) is 28.0 Å².